The summed E-state index contributed by atoms with van der Waals surface area (Å²) in [6.07, 6.45) is 0.0249. The molecule has 0 aliphatic rings. The van der Waals surface area contributed by atoms with Crippen molar-refractivity contribution in [2.75, 3.05) is 0 Å². The molecule has 0 spiro atoms. The molecule has 12 heteroatoms. The highest BCUT2D eigenvalue weighted by molar-refractivity contribution is 6.57. The summed E-state index contributed by atoms with van der Waals surface area (Å²) in [5.41, 5.74) is 1.45. The summed E-state index contributed by atoms with van der Waals surface area (Å²) >= 11 is 62.5. The minimum Gasteiger partial charge on any atom is -0.248 e. The van der Waals surface area contributed by atoms with Crippen LogP contribution < -0.4 is 0 Å². The van der Waals surface area contributed by atoms with E-state index < -0.39 is 0 Å². The lowest BCUT2D eigenvalue weighted by Gasteiger charge is -2.16. The summed E-state index contributed by atoms with van der Waals surface area (Å²) in [5, 5.41) is 9.30. The Morgan fingerprint density at radius 2 is 0.839 bits per heavy atom. The number of halogens is 10. The third kappa shape index (κ3) is 4.66. The zero-order valence-corrected chi connectivity index (χ0v) is 22.1. The van der Waals surface area contributed by atoms with Crippen molar-refractivity contribution in [2.24, 2.45) is 0 Å². The molecule has 0 amide bonds. The first kappa shape index (κ1) is 25.6. The summed E-state index contributed by atoms with van der Waals surface area (Å²) in [6.45, 7) is 0. The highest BCUT2D eigenvalue weighted by Gasteiger charge is 2.25. The largest absolute Gasteiger partial charge is 0.248 e. The van der Waals surface area contributed by atoms with E-state index in [0.29, 0.717) is 5.56 Å². The lowest BCUT2D eigenvalue weighted by Crippen LogP contribution is -1.97. The first-order valence-electron chi connectivity index (χ1n) is 7.92. The Balaban J connectivity index is 2.42. The molecule has 0 bridgehead atoms. The fraction of sp³-hybridized carbons (Fsp3) is 0.0526. The van der Waals surface area contributed by atoms with E-state index in [1.54, 1.807) is 12.1 Å². The van der Waals surface area contributed by atoms with Crippen LogP contribution in [0.4, 0.5) is 0 Å². The van der Waals surface area contributed by atoms with Crippen molar-refractivity contribution in [1.82, 2.24) is 4.98 Å². The standard InChI is InChI=1S/C19H4Cl10N2/c20-10-8(11(21)15(25)18(28)14(10)24)6-3-5(1-2-30)4-7(31-6)9-12(22)16(26)19(29)17(27)13(9)23/h3-4H,1H2. The van der Waals surface area contributed by atoms with E-state index in [0.717, 1.165) is 0 Å². The molecule has 2 nitrogen and oxygen atoms in total. The van der Waals surface area contributed by atoms with Crippen molar-refractivity contribution >= 4 is 116 Å². The van der Waals surface area contributed by atoms with Crippen LogP contribution in [0.1, 0.15) is 5.56 Å². The summed E-state index contributed by atoms with van der Waals surface area (Å²) in [5.74, 6) is 0. The molecular formula is C19H4Cl10N2. The molecule has 0 radical (unpaired) electrons. The second-order valence-electron chi connectivity index (χ2n) is 5.97. The number of benzene rings is 2. The van der Waals surface area contributed by atoms with E-state index in [4.69, 9.17) is 116 Å². The van der Waals surface area contributed by atoms with Crippen LogP contribution in [-0.4, -0.2) is 4.98 Å². The molecule has 0 atom stereocenters. The Labute approximate surface area is 227 Å². The van der Waals surface area contributed by atoms with Gasteiger partial charge in [0.25, 0.3) is 0 Å². The van der Waals surface area contributed by atoms with Gasteiger partial charge in [-0.3, -0.25) is 0 Å². The van der Waals surface area contributed by atoms with Gasteiger partial charge in [0.2, 0.25) is 0 Å². The van der Waals surface area contributed by atoms with Gasteiger partial charge in [-0.2, -0.15) is 5.26 Å². The SMILES string of the molecule is N#CCc1cc(-c2c(Cl)c(Cl)c(Cl)c(Cl)c2Cl)nc(-c2c(Cl)c(Cl)c(Cl)c(Cl)c2Cl)c1. The molecular weight excluding hydrogens is 611 g/mol. The van der Waals surface area contributed by atoms with Crippen molar-refractivity contribution in [3.05, 3.63) is 67.9 Å². The van der Waals surface area contributed by atoms with Crippen LogP contribution in [0.15, 0.2) is 12.1 Å². The first-order valence-corrected chi connectivity index (χ1v) is 11.7. The Bertz CT molecular complexity index is 1130. The second kappa shape index (κ2) is 10.1. The molecule has 160 valence electrons. The molecule has 1 aromatic heterocycles. The van der Waals surface area contributed by atoms with Gasteiger partial charge in [-0.25, -0.2) is 4.98 Å². The second-order valence-corrected chi connectivity index (χ2v) is 9.75. The normalized spacial score (nSPS) is 11.0. The topological polar surface area (TPSA) is 36.7 Å². The van der Waals surface area contributed by atoms with Crippen LogP contribution >= 0.6 is 116 Å². The summed E-state index contributed by atoms with van der Waals surface area (Å²) in [4.78, 5) is 4.56. The van der Waals surface area contributed by atoms with Crippen molar-refractivity contribution in [2.45, 2.75) is 6.42 Å². The van der Waals surface area contributed by atoms with E-state index >= 15 is 0 Å². The van der Waals surface area contributed by atoms with Gasteiger partial charge in [0.15, 0.2) is 0 Å². The van der Waals surface area contributed by atoms with Gasteiger partial charge in [0.05, 0.1) is 74.1 Å². The highest BCUT2D eigenvalue weighted by atomic mass is 35.5. The maximum Gasteiger partial charge on any atom is 0.0809 e. The van der Waals surface area contributed by atoms with E-state index in [1.807, 2.05) is 0 Å². The maximum atomic E-state index is 9.22. The van der Waals surface area contributed by atoms with E-state index in [1.165, 1.54) is 0 Å². The Hall–Kier alpha value is -0.0200. The lowest BCUT2D eigenvalue weighted by molar-refractivity contribution is 1.22. The number of aromatic nitrogens is 1. The Kier molecular flexibility index (Phi) is 8.32. The van der Waals surface area contributed by atoms with Crippen LogP contribution in [0.25, 0.3) is 22.5 Å². The molecule has 3 aromatic rings. The molecule has 3 rings (SSSR count). The molecule has 0 N–H and O–H groups in total. The number of nitriles is 1. The van der Waals surface area contributed by atoms with E-state index in [9.17, 15) is 5.26 Å². The summed E-state index contributed by atoms with van der Waals surface area (Å²) in [6, 6.07) is 5.25. The third-order valence-electron chi connectivity index (χ3n) is 4.10. The van der Waals surface area contributed by atoms with Crippen LogP contribution in [0.5, 0.6) is 0 Å². The minimum absolute atomic E-state index is 0.00200. The number of nitrogens with zero attached hydrogens (tertiary/aromatic N) is 2. The van der Waals surface area contributed by atoms with Crippen LogP contribution in [-0.2, 0) is 6.42 Å². The molecule has 2 aromatic carbocycles. The van der Waals surface area contributed by atoms with E-state index in [2.05, 4.69) is 11.1 Å². The third-order valence-corrected chi connectivity index (χ3v) is 8.65. The summed E-state index contributed by atoms with van der Waals surface area (Å²) < 4.78 is 0. The molecule has 0 unspecified atom stereocenters. The fourth-order valence-corrected chi connectivity index (χ4v) is 5.36. The lowest BCUT2D eigenvalue weighted by atomic mass is 10.0. The average Bonchev–Trinajstić information content (AvgIpc) is 2.74. The molecule has 31 heavy (non-hydrogen) atoms. The zero-order valence-electron chi connectivity index (χ0n) is 14.5. The molecule has 1 heterocycles. The first-order chi connectivity index (χ1) is 14.5. The van der Waals surface area contributed by atoms with Crippen molar-refractivity contribution in [1.29, 1.82) is 5.26 Å². The Morgan fingerprint density at radius 1 is 0.548 bits per heavy atom. The van der Waals surface area contributed by atoms with Crippen molar-refractivity contribution in [3.63, 3.8) is 0 Å². The average molecular weight is 615 g/mol. The monoisotopic (exact) mass is 610 g/mol. The Morgan fingerprint density at radius 3 is 1.13 bits per heavy atom. The number of rotatable bonds is 3. The predicted octanol–water partition coefficient (Wildman–Crippen LogP) is 11.0. The molecule has 0 aliphatic carbocycles. The van der Waals surface area contributed by atoms with Crippen molar-refractivity contribution < 1.29 is 0 Å². The fourth-order valence-electron chi connectivity index (χ4n) is 2.70. The number of pyridine rings is 1. The van der Waals surface area contributed by atoms with Gasteiger partial charge in [-0.15, -0.1) is 0 Å². The van der Waals surface area contributed by atoms with Gasteiger partial charge in [-0.05, 0) is 17.7 Å². The van der Waals surface area contributed by atoms with Gasteiger partial charge in [0.1, 0.15) is 0 Å². The van der Waals surface area contributed by atoms with Gasteiger partial charge in [-0.1, -0.05) is 116 Å². The molecule has 0 saturated heterocycles. The molecule has 0 aliphatic heterocycles. The van der Waals surface area contributed by atoms with Crippen LogP contribution in [0.3, 0.4) is 0 Å². The van der Waals surface area contributed by atoms with Gasteiger partial charge < -0.3 is 0 Å². The maximum absolute atomic E-state index is 9.22. The minimum atomic E-state index is -0.00424. The van der Waals surface area contributed by atoms with Crippen LogP contribution in [0, 0.1) is 11.3 Å². The van der Waals surface area contributed by atoms with Crippen LogP contribution in [0.2, 0.25) is 50.2 Å². The summed E-state index contributed by atoms with van der Waals surface area (Å²) in [7, 11) is 0. The molecule has 0 saturated carbocycles. The van der Waals surface area contributed by atoms with Gasteiger partial charge >= 0.3 is 0 Å². The number of hydrogen-bond acceptors (Lipinski definition) is 2. The van der Waals surface area contributed by atoms with Gasteiger partial charge in [0, 0.05) is 11.1 Å². The predicted molar refractivity (Wildman–Crippen MR) is 135 cm³/mol. The van der Waals surface area contributed by atoms with E-state index in [-0.39, 0.29) is 79.2 Å². The highest BCUT2D eigenvalue weighted by Crippen LogP contribution is 2.50. The van der Waals surface area contributed by atoms with Crippen molar-refractivity contribution in [3.8, 4) is 28.6 Å². The molecule has 0 fully saturated rings. The number of hydrogen-bond donors (Lipinski definition) is 0. The quantitative estimate of drug-likeness (QED) is 0.217. The smallest absolute Gasteiger partial charge is 0.0809 e. The zero-order chi connectivity index (χ0) is 23.2.